The number of carboxylic acid groups (broad SMARTS) is 1. The first-order chi connectivity index (χ1) is 12.7. The van der Waals surface area contributed by atoms with E-state index in [9.17, 15) is 23.1 Å². The van der Waals surface area contributed by atoms with Gasteiger partial charge in [-0.2, -0.15) is 0 Å². The molecule has 7 nitrogen and oxygen atoms in total. The molecule has 1 aliphatic rings. The topological polar surface area (TPSA) is 113 Å². The fourth-order valence-corrected chi connectivity index (χ4v) is 4.60. The summed E-state index contributed by atoms with van der Waals surface area (Å²) < 4.78 is 28.9. The SMILES string of the molecule is O=C(O)CC(NS(=O)(=O)c1ccc2c(c1)CCC(=O)N2)c1cccc(Br)c1. The van der Waals surface area contributed by atoms with Gasteiger partial charge in [0.2, 0.25) is 15.9 Å². The number of aliphatic carboxylic acids is 1. The van der Waals surface area contributed by atoms with Crippen molar-refractivity contribution >= 4 is 43.5 Å². The van der Waals surface area contributed by atoms with Crippen LogP contribution in [0.15, 0.2) is 51.8 Å². The summed E-state index contributed by atoms with van der Waals surface area (Å²) in [5.41, 5.74) is 1.87. The zero-order valence-electron chi connectivity index (χ0n) is 14.1. The second-order valence-electron chi connectivity index (χ2n) is 6.19. The molecule has 2 aromatic rings. The van der Waals surface area contributed by atoms with Crippen LogP contribution in [0.25, 0.3) is 0 Å². The normalized spacial score (nSPS) is 14.9. The van der Waals surface area contributed by atoms with Crippen molar-refractivity contribution < 1.29 is 23.1 Å². The number of carbonyl (C=O) groups is 2. The van der Waals surface area contributed by atoms with Gasteiger partial charge in [-0.05, 0) is 47.9 Å². The highest BCUT2D eigenvalue weighted by atomic mass is 79.9. The van der Waals surface area contributed by atoms with Crippen LogP contribution in [0.3, 0.4) is 0 Å². The molecule has 0 saturated heterocycles. The molecule has 0 radical (unpaired) electrons. The summed E-state index contributed by atoms with van der Waals surface area (Å²) in [7, 11) is -3.95. The Morgan fingerprint density at radius 3 is 2.70 bits per heavy atom. The number of fused-ring (bicyclic) bond motifs is 1. The Morgan fingerprint density at radius 2 is 2.00 bits per heavy atom. The van der Waals surface area contributed by atoms with Crippen LogP contribution in [0.1, 0.15) is 30.0 Å². The number of hydrogen-bond acceptors (Lipinski definition) is 4. The molecule has 142 valence electrons. The summed E-state index contributed by atoms with van der Waals surface area (Å²) >= 11 is 3.31. The van der Waals surface area contributed by atoms with Crippen molar-refractivity contribution in [2.75, 3.05) is 5.32 Å². The third-order valence-electron chi connectivity index (χ3n) is 4.21. The van der Waals surface area contributed by atoms with Gasteiger partial charge in [0, 0.05) is 16.6 Å². The maximum absolute atomic E-state index is 12.8. The van der Waals surface area contributed by atoms with Crippen LogP contribution in [-0.2, 0) is 26.0 Å². The second kappa shape index (κ2) is 7.79. The summed E-state index contributed by atoms with van der Waals surface area (Å²) in [6.45, 7) is 0. The first-order valence-corrected chi connectivity index (χ1v) is 10.4. The third-order valence-corrected chi connectivity index (χ3v) is 6.17. The minimum absolute atomic E-state index is 0.0304. The van der Waals surface area contributed by atoms with E-state index in [1.54, 1.807) is 30.3 Å². The average molecular weight is 453 g/mol. The summed E-state index contributed by atoms with van der Waals surface area (Å²) in [6.07, 6.45) is 0.356. The number of halogens is 1. The molecular weight excluding hydrogens is 436 g/mol. The molecule has 1 amide bonds. The summed E-state index contributed by atoms with van der Waals surface area (Å²) in [4.78, 5) is 22.7. The molecule has 27 heavy (non-hydrogen) atoms. The van der Waals surface area contributed by atoms with Crippen molar-refractivity contribution in [3.63, 3.8) is 0 Å². The molecule has 2 aromatic carbocycles. The van der Waals surface area contributed by atoms with Crippen LogP contribution >= 0.6 is 15.9 Å². The van der Waals surface area contributed by atoms with Crippen molar-refractivity contribution in [1.82, 2.24) is 4.72 Å². The van der Waals surface area contributed by atoms with Crippen molar-refractivity contribution in [1.29, 1.82) is 0 Å². The Labute approximate surface area is 165 Å². The lowest BCUT2D eigenvalue weighted by Gasteiger charge is -2.20. The van der Waals surface area contributed by atoms with E-state index in [1.807, 2.05) is 0 Å². The number of carbonyl (C=O) groups excluding carboxylic acids is 1. The molecule has 0 fully saturated rings. The number of benzene rings is 2. The zero-order chi connectivity index (χ0) is 19.6. The van der Waals surface area contributed by atoms with Crippen molar-refractivity contribution in [3.05, 3.63) is 58.1 Å². The van der Waals surface area contributed by atoms with E-state index in [1.165, 1.54) is 12.1 Å². The molecule has 1 aliphatic heterocycles. The average Bonchev–Trinajstić information content (AvgIpc) is 2.60. The zero-order valence-corrected chi connectivity index (χ0v) is 16.5. The number of sulfonamides is 1. The number of anilines is 1. The molecule has 1 unspecified atom stereocenters. The Kier molecular flexibility index (Phi) is 5.64. The number of rotatable bonds is 6. The summed E-state index contributed by atoms with van der Waals surface area (Å²) in [5, 5.41) is 11.9. The maximum atomic E-state index is 12.8. The molecule has 3 rings (SSSR count). The van der Waals surface area contributed by atoms with E-state index in [0.29, 0.717) is 24.1 Å². The van der Waals surface area contributed by atoms with Gasteiger partial charge < -0.3 is 10.4 Å². The number of aryl methyl sites for hydroxylation is 1. The lowest BCUT2D eigenvalue weighted by atomic mass is 10.0. The van der Waals surface area contributed by atoms with E-state index in [4.69, 9.17) is 0 Å². The Balaban J connectivity index is 1.91. The van der Waals surface area contributed by atoms with Gasteiger partial charge in [0.1, 0.15) is 0 Å². The van der Waals surface area contributed by atoms with Gasteiger partial charge >= 0.3 is 5.97 Å². The first-order valence-electron chi connectivity index (χ1n) is 8.17. The monoisotopic (exact) mass is 452 g/mol. The molecule has 9 heteroatoms. The number of carboxylic acids is 1. The first kappa shape index (κ1) is 19.5. The molecule has 3 N–H and O–H groups in total. The van der Waals surface area contributed by atoms with E-state index < -0.39 is 28.5 Å². The van der Waals surface area contributed by atoms with E-state index >= 15 is 0 Å². The molecule has 0 aliphatic carbocycles. The van der Waals surface area contributed by atoms with Gasteiger partial charge in [-0.3, -0.25) is 9.59 Å². The predicted molar refractivity (Wildman–Crippen MR) is 103 cm³/mol. The molecule has 0 bridgehead atoms. The molecular formula is C18H17BrN2O5S. The van der Waals surface area contributed by atoms with Gasteiger partial charge in [0.15, 0.2) is 0 Å². The highest BCUT2D eigenvalue weighted by Crippen LogP contribution is 2.27. The van der Waals surface area contributed by atoms with E-state index in [-0.39, 0.29) is 10.8 Å². The molecule has 1 heterocycles. The van der Waals surface area contributed by atoms with Gasteiger partial charge in [-0.25, -0.2) is 13.1 Å². The Hall–Kier alpha value is -2.23. The van der Waals surface area contributed by atoms with Gasteiger partial charge in [-0.15, -0.1) is 0 Å². The van der Waals surface area contributed by atoms with Crippen LogP contribution in [0, 0.1) is 0 Å². The van der Waals surface area contributed by atoms with E-state index in [0.717, 1.165) is 10.0 Å². The number of nitrogens with one attached hydrogen (secondary N) is 2. The van der Waals surface area contributed by atoms with Crippen molar-refractivity contribution in [2.45, 2.75) is 30.2 Å². The fourth-order valence-electron chi connectivity index (χ4n) is 2.91. The van der Waals surface area contributed by atoms with Crippen LogP contribution in [-0.4, -0.2) is 25.4 Å². The third kappa shape index (κ3) is 4.74. The Morgan fingerprint density at radius 1 is 1.22 bits per heavy atom. The lowest BCUT2D eigenvalue weighted by Crippen LogP contribution is -2.30. The fraction of sp³-hybridized carbons (Fsp3) is 0.222. The standard InChI is InChI=1S/C18H17BrN2O5S/c19-13-3-1-2-11(8-13)16(10-18(23)24)21-27(25,26)14-5-6-15-12(9-14)4-7-17(22)20-15/h1-3,5-6,8-9,16,21H,4,7,10H2,(H,20,22)(H,23,24). The highest BCUT2D eigenvalue weighted by molar-refractivity contribution is 9.10. The Bertz CT molecular complexity index is 1010. The van der Waals surface area contributed by atoms with Gasteiger partial charge in [-0.1, -0.05) is 28.1 Å². The smallest absolute Gasteiger partial charge is 0.305 e. The quantitative estimate of drug-likeness (QED) is 0.623. The van der Waals surface area contributed by atoms with Gasteiger partial charge in [0.05, 0.1) is 17.4 Å². The molecule has 0 aromatic heterocycles. The van der Waals surface area contributed by atoms with Crippen LogP contribution < -0.4 is 10.0 Å². The molecule has 1 atom stereocenters. The minimum Gasteiger partial charge on any atom is -0.481 e. The largest absolute Gasteiger partial charge is 0.481 e. The van der Waals surface area contributed by atoms with E-state index in [2.05, 4.69) is 26.0 Å². The van der Waals surface area contributed by atoms with Crippen LogP contribution in [0.4, 0.5) is 5.69 Å². The van der Waals surface area contributed by atoms with Crippen molar-refractivity contribution in [2.24, 2.45) is 0 Å². The number of hydrogen-bond donors (Lipinski definition) is 3. The lowest BCUT2D eigenvalue weighted by molar-refractivity contribution is -0.137. The van der Waals surface area contributed by atoms with Gasteiger partial charge in [0.25, 0.3) is 0 Å². The number of amides is 1. The second-order valence-corrected chi connectivity index (χ2v) is 8.82. The predicted octanol–water partition coefficient (Wildman–Crippen LogP) is 2.83. The van der Waals surface area contributed by atoms with Crippen LogP contribution in [0.2, 0.25) is 0 Å². The minimum atomic E-state index is -3.95. The summed E-state index contributed by atoms with van der Waals surface area (Å²) in [5.74, 6) is -1.22. The van der Waals surface area contributed by atoms with Crippen molar-refractivity contribution in [3.8, 4) is 0 Å². The molecule has 0 saturated carbocycles. The maximum Gasteiger partial charge on any atom is 0.305 e. The summed E-state index contributed by atoms with van der Waals surface area (Å²) in [6, 6.07) is 10.4. The highest BCUT2D eigenvalue weighted by Gasteiger charge is 2.25. The van der Waals surface area contributed by atoms with Crippen LogP contribution in [0.5, 0.6) is 0 Å². The molecule has 0 spiro atoms.